The molecule has 6 heteroatoms. The summed E-state index contributed by atoms with van der Waals surface area (Å²) in [7, 11) is 3.42. The van der Waals surface area contributed by atoms with Crippen molar-refractivity contribution in [2.75, 3.05) is 38.2 Å². The Kier molecular flexibility index (Phi) is 4.42. The van der Waals surface area contributed by atoms with Gasteiger partial charge in [0.25, 0.3) is 0 Å². The van der Waals surface area contributed by atoms with Gasteiger partial charge in [-0.25, -0.2) is 4.79 Å². The van der Waals surface area contributed by atoms with E-state index in [1.807, 2.05) is 24.3 Å². The van der Waals surface area contributed by atoms with Crippen molar-refractivity contribution in [3.63, 3.8) is 0 Å². The van der Waals surface area contributed by atoms with Gasteiger partial charge in [-0.2, -0.15) is 0 Å². The Morgan fingerprint density at radius 1 is 1.08 bits per heavy atom. The summed E-state index contributed by atoms with van der Waals surface area (Å²) in [5.41, 5.74) is 3.87. The van der Waals surface area contributed by atoms with Crippen LogP contribution in [0.3, 0.4) is 0 Å². The predicted molar refractivity (Wildman–Crippen MR) is 102 cm³/mol. The van der Waals surface area contributed by atoms with E-state index in [1.165, 1.54) is 15.8 Å². The van der Waals surface area contributed by atoms with Crippen molar-refractivity contribution in [1.82, 2.24) is 9.47 Å². The van der Waals surface area contributed by atoms with Crippen molar-refractivity contribution >= 4 is 16.8 Å². The maximum absolute atomic E-state index is 11.6. The Labute approximate surface area is 152 Å². The van der Waals surface area contributed by atoms with Gasteiger partial charge in [-0.15, -0.1) is 0 Å². The fourth-order valence-electron chi connectivity index (χ4n) is 3.51. The summed E-state index contributed by atoms with van der Waals surface area (Å²) in [6.45, 7) is 4.81. The second-order valence-corrected chi connectivity index (χ2v) is 6.69. The van der Waals surface area contributed by atoms with Gasteiger partial charge in [0.1, 0.15) is 5.75 Å². The minimum Gasteiger partial charge on any atom is -0.497 e. The Morgan fingerprint density at radius 3 is 2.65 bits per heavy atom. The van der Waals surface area contributed by atoms with Crippen molar-refractivity contribution in [3.8, 4) is 5.75 Å². The summed E-state index contributed by atoms with van der Waals surface area (Å²) in [4.78, 5) is 16.4. The molecule has 136 valence electrons. The van der Waals surface area contributed by atoms with E-state index in [-0.39, 0.29) is 5.76 Å². The number of hydrogen-bond donors (Lipinski definition) is 0. The van der Waals surface area contributed by atoms with E-state index in [2.05, 4.69) is 28.0 Å². The Bertz CT molecular complexity index is 968. The van der Waals surface area contributed by atoms with Crippen LogP contribution in [-0.4, -0.2) is 42.8 Å². The standard InChI is InChI=1S/C20H23N3O3/c1-21-18-7-6-15(12-19(18)26-20(21)24)14-22-8-10-23(11-9-22)16-4-3-5-17(13-16)25-2/h3-7,12-13H,8-11,14H2,1-2H3. The van der Waals surface area contributed by atoms with E-state index < -0.39 is 0 Å². The molecule has 0 amide bonds. The molecule has 26 heavy (non-hydrogen) atoms. The number of fused-ring (bicyclic) bond motifs is 1. The van der Waals surface area contributed by atoms with Crippen molar-refractivity contribution < 1.29 is 9.15 Å². The highest BCUT2D eigenvalue weighted by molar-refractivity contribution is 5.73. The van der Waals surface area contributed by atoms with Crippen molar-refractivity contribution in [3.05, 3.63) is 58.6 Å². The smallest absolute Gasteiger partial charge is 0.419 e. The normalized spacial score (nSPS) is 15.5. The van der Waals surface area contributed by atoms with E-state index in [4.69, 9.17) is 9.15 Å². The van der Waals surface area contributed by atoms with E-state index in [0.29, 0.717) is 5.58 Å². The average Bonchev–Trinajstić information content (AvgIpc) is 2.96. The number of ether oxygens (including phenoxy) is 1. The molecule has 0 bridgehead atoms. The maximum atomic E-state index is 11.6. The minimum absolute atomic E-state index is 0.316. The zero-order valence-electron chi connectivity index (χ0n) is 15.1. The molecule has 2 heterocycles. The van der Waals surface area contributed by atoms with Crippen LogP contribution in [-0.2, 0) is 13.6 Å². The summed E-state index contributed by atoms with van der Waals surface area (Å²) in [5, 5.41) is 0. The van der Waals surface area contributed by atoms with Gasteiger partial charge in [0.15, 0.2) is 5.58 Å². The Balaban J connectivity index is 1.41. The first-order valence-electron chi connectivity index (χ1n) is 8.84. The van der Waals surface area contributed by atoms with Crippen LogP contribution in [0.4, 0.5) is 5.69 Å². The maximum Gasteiger partial charge on any atom is 0.419 e. The largest absolute Gasteiger partial charge is 0.497 e. The topological polar surface area (TPSA) is 50.9 Å². The molecule has 1 aromatic heterocycles. The van der Waals surface area contributed by atoms with Gasteiger partial charge in [-0.3, -0.25) is 9.47 Å². The number of aromatic nitrogens is 1. The van der Waals surface area contributed by atoms with Crippen molar-refractivity contribution in [2.45, 2.75) is 6.54 Å². The lowest BCUT2D eigenvalue weighted by Crippen LogP contribution is -2.45. The molecule has 0 N–H and O–H groups in total. The van der Waals surface area contributed by atoms with Gasteiger partial charge in [0.05, 0.1) is 12.6 Å². The van der Waals surface area contributed by atoms with Gasteiger partial charge >= 0.3 is 5.76 Å². The molecular formula is C20H23N3O3. The highest BCUT2D eigenvalue weighted by Gasteiger charge is 2.18. The molecule has 0 spiro atoms. The lowest BCUT2D eigenvalue weighted by atomic mass is 10.1. The number of hydrogen-bond acceptors (Lipinski definition) is 5. The number of methoxy groups -OCH3 is 1. The molecule has 2 aromatic carbocycles. The lowest BCUT2D eigenvalue weighted by Gasteiger charge is -2.36. The number of piperazine rings is 1. The number of nitrogens with zero attached hydrogens (tertiary/aromatic N) is 3. The third-order valence-electron chi connectivity index (χ3n) is 5.05. The summed E-state index contributed by atoms with van der Waals surface area (Å²) >= 11 is 0. The Hall–Kier alpha value is -2.73. The quantitative estimate of drug-likeness (QED) is 0.721. The second kappa shape index (κ2) is 6.88. The van der Waals surface area contributed by atoms with Crippen LogP contribution in [0.25, 0.3) is 11.1 Å². The van der Waals surface area contributed by atoms with E-state index in [9.17, 15) is 4.79 Å². The molecule has 0 saturated carbocycles. The van der Waals surface area contributed by atoms with Gasteiger partial charge in [0, 0.05) is 51.5 Å². The third-order valence-corrected chi connectivity index (χ3v) is 5.05. The fraction of sp³-hybridized carbons (Fsp3) is 0.350. The van der Waals surface area contributed by atoms with E-state index in [1.54, 1.807) is 14.2 Å². The van der Waals surface area contributed by atoms with E-state index >= 15 is 0 Å². The fourth-order valence-corrected chi connectivity index (χ4v) is 3.51. The number of anilines is 1. The molecule has 0 atom stereocenters. The first-order valence-corrected chi connectivity index (χ1v) is 8.84. The van der Waals surface area contributed by atoms with Crippen LogP contribution >= 0.6 is 0 Å². The third kappa shape index (κ3) is 3.20. The van der Waals surface area contributed by atoms with Gasteiger partial charge in [0.2, 0.25) is 0 Å². The van der Waals surface area contributed by atoms with Crippen LogP contribution in [0.2, 0.25) is 0 Å². The van der Waals surface area contributed by atoms with Crippen LogP contribution < -0.4 is 15.4 Å². The summed E-state index contributed by atoms with van der Waals surface area (Å²) < 4.78 is 12.1. The second-order valence-electron chi connectivity index (χ2n) is 6.69. The van der Waals surface area contributed by atoms with Crippen LogP contribution in [0, 0.1) is 0 Å². The van der Waals surface area contributed by atoms with Gasteiger partial charge in [-0.05, 0) is 29.8 Å². The molecule has 1 fully saturated rings. The summed E-state index contributed by atoms with van der Waals surface area (Å²) in [6.07, 6.45) is 0. The molecule has 0 aliphatic carbocycles. The predicted octanol–water partition coefficient (Wildman–Crippen LogP) is 2.46. The molecular weight excluding hydrogens is 330 g/mol. The minimum atomic E-state index is -0.316. The van der Waals surface area contributed by atoms with Gasteiger partial charge in [-0.1, -0.05) is 12.1 Å². The first kappa shape index (κ1) is 16.7. The molecule has 1 saturated heterocycles. The molecule has 3 aromatic rings. The monoisotopic (exact) mass is 353 g/mol. The van der Waals surface area contributed by atoms with E-state index in [0.717, 1.165) is 44.0 Å². The zero-order chi connectivity index (χ0) is 18.1. The lowest BCUT2D eigenvalue weighted by molar-refractivity contribution is 0.250. The van der Waals surface area contributed by atoms with Crippen molar-refractivity contribution in [1.29, 1.82) is 0 Å². The number of rotatable bonds is 4. The number of aryl methyl sites for hydroxylation is 1. The average molecular weight is 353 g/mol. The SMILES string of the molecule is COc1cccc(N2CCN(Cc3ccc4c(c3)oc(=O)n4C)CC2)c1. The Morgan fingerprint density at radius 2 is 1.88 bits per heavy atom. The molecule has 0 unspecified atom stereocenters. The molecule has 1 aliphatic heterocycles. The number of benzene rings is 2. The summed E-state index contributed by atoms with van der Waals surface area (Å²) in [5.74, 6) is 0.576. The van der Waals surface area contributed by atoms with Crippen LogP contribution in [0.1, 0.15) is 5.56 Å². The van der Waals surface area contributed by atoms with Crippen molar-refractivity contribution in [2.24, 2.45) is 7.05 Å². The first-order chi connectivity index (χ1) is 12.6. The zero-order valence-corrected chi connectivity index (χ0v) is 15.1. The van der Waals surface area contributed by atoms with Crippen LogP contribution in [0.15, 0.2) is 51.7 Å². The number of oxazole rings is 1. The molecule has 6 nitrogen and oxygen atoms in total. The highest BCUT2D eigenvalue weighted by atomic mass is 16.5. The van der Waals surface area contributed by atoms with Gasteiger partial charge < -0.3 is 14.1 Å². The molecule has 0 radical (unpaired) electrons. The molecule has 4 rings (SSSR count). The van der Waals surface area contributed by atoms with Crippen LogP contribution in [0.5, 0.6) is 5.75 Å². The highest BCUT2D eigenvalue weighted by Crippen LogP contribution is 2.23. The summed E-state index contributed by atoms with van der Waals surface area (Å²) in [6, 6.07) is 14.2. The molecule has 1 aliphatic rings.